The van der Waals surface area contributed by atoms with Crippen molar-refractivity contribution in [3.8, 4) is 5.75 Å². The van der Waals surface area contributed by atoms with Gasteiger partial charge in [-0.2, -0.15) is 0 Å². The topological polar surface area (TPSA) is 88.5 Å². The van der Waals surface area contributed by atoms with Crippen LogP contribution in [0.4, 0.5) is 0 Å². The Balaban J connectivity index is 1.79. The molecule has 0 bridgehead atoms. The fraction of sp³-hybridized carbons (Fsp3) is 0.450. The first-order valence-corrected chi connectivity index (χ1v) is 9.38. The van der Waals surface area contributed by atoms with Crippen LogP contribution in [0.25, 0.3) is 0 Å². The third kappa shape index (κ3) is 4.51. The van der Waals surface area contributed by atoms with Crippen LogP contribution < -0.4 is 15.4 Å². The van der Waals surface area contributed by atoms with Crippen molar-refractivity contribution >= 4 is 11.8 Å². The average molecular weight is 385 g/mol. The smallest absolute Gasteiger partial charge is 0.225 e. The minimum atomic E-state index is -0.396. The number of piperazine rings is 1. The Hall–Kier alpha value is -2.87. The molecule has 1 aliphatic heterocycles. The zero-order valence-electron chi connectivity index (χ0n) is 16.5. The summed E-state index contributed by atoms with van der Waals surface area (Å²) < 4.78 is 7.13. The molecule has 2 atom stereocenters. The van der Waals surface area contributed by atoms with E-state index in [1.165, 1.54) is 6.92 Å². The summed E-state index contributed by atoms with van der Waals surface area (Å²) >= 11 is 0. The largest absolute Gasteiger partial charge is 0.497 e. The molecule has 1 aromatic heterocycles. The van der Waals surface area contributed by atoms with E-state index >= 15 is 0 Å². The van der Waals surface area contributed by atoms with Crippen LogP contribution in [0.3, 0.4) is 0 Å². The van der Waals surface area contributed by atoms with E-state index in [9.17, 15) is 9.59 Å². The second-order valence-corrected chi connectivity index (χ2v) is 6.93. The fourth-order valence-corrected chi connectivity index (χ4v) is 3.56. The third-order valence-corrected chi connectivity index (χ3v) is 4.99. The fourth-order valence-electron chi connectivity index (χ4n) is 3.56. The quantitative estimate of drug-likeness (QED) is 0.779. The van der Waals surface area contributed by atoms with Crippen LogP contribution in [0.1, 0.15) is 36.8 Å². The van der Waals surface area contributed by atoms with Crippen LogP contribution in [0.15, 0.2) is 36.7 Å². The number of methoxy groups -OCH3 is 1. The number of benzene rings is 1. The van der Waals surface area contributed by atoms with Crippen molar-refractivity contribution in [2.45, 2.75) is 25.4 Å². The first-order valence-electron chi connectivity index (χ1n) is 9.38. The van der Waals surface area contributed by atoms with E-state index in [-0.39, 0.29) is 24.3 Å². The van der Waals surface area contributed by atoms with E-state index in [2.05, 4.69) is 15.6 Å². The highest BCUT2D eigenvalue weighted by Crippen LogP contribution is 2.25. The molecule has 2 amide bonds. The Labute approximate surface area is 164 Å². The number of imidazole rings is 1. The van der Waals surface area contributed by atoms with Gasteiger partial charge in [0, 0.05) is 46.0 Å². The Bertz CT molecular complexity index is 818. The second kappa shape index (κ2) is 8.88. The van der Waals surface area contributed by atoms with Gasteiger partial charge in [0.2, 0.25) is 11.8 Å². The van der Waals surface area contributed by atoms with E-state index in [0.29, 0.717) is 13.1 Å². The summed E-state index contributed by atoms with van der Waals surface area (Å²) in [4.78, 5) is 31.2. The van der Waals surface area contributed by atoms with Crippen LogP contribution in [0.2, 0.25) is 0 Å². The molecule has 28 heavy (non-hydrogen) atoms. The zero-order chi connectivity index (χ0) is 20.1. The predicted octanol–water partition coefficient (Wildman–Crippen LogP) is 1.17. The molecule has 2 aromatic rings. The molecular weight excluding hydrogens is 358 g/mol. The monoisotopic (exact) mass is 385 g/mol. The molecule has 2 N–H and O–H groups in total. The normalized spacial score (nSPS) is 17.8. The van der Waals surface area contributed by atoms with Gasteiger partial charge < -0.3 is 24.8 Å². The highest BCUT2D eigenvalue weighted by atomic mass is 16.5. The number of ether oxygens (including phenoxy) is 1. The first kappa shape index (κ1) is 19.9. The van der Waals surface area contributed by atoms with Crippen LogP contribution in [-0.4, -0.2) is 53.0 Å². The van der Waals surface area contributed by atoms with Gasteiger partial charge in [-0.15, -0.1) is 0 Å². The van der Waals surface area contributed by atoms with Gasteiger partial charge in [0.15, 0.2) is 0 Å². The Morgan fingerprint density at radius 3 is 2.71 bits per heavy atom. The van der Waals surface area contributed by atoms with E-state index in [1.54, 1.807) is 13.3 Å². The maximum Gasteiger partial charge on any atom is 0.225 e. The zero-order valence-corrected chi connectivity index (χ0v) is 16.5. The van der Waals surface area contributed by atoms with Gasteiger partial charge in [0.1, 0.15) is 17.6 Å². The number of aryl methyl sites for hydroxylation is 1. The molecule has 0 spiro atoms. The number of nitrogens with one attached hydrogen (secondary N) is 2. The van der Waals surface area contributed by atoms with Gasteiger partial charge in [-0.1, -0.05) is 12.1 Å². The number of hydrogen-bond donors (Lipinski definition) is 2. The van der Waals surface area contributed by atoms with Crippen LogP contribution in [-0.2, 0) is 16.6 Å². The maximum atomic E-state index is 13.2. The highest BCUT2D eigenvalue weighted by Gasteiger charge is 2.32. The lowest BCUT2D eigenvalue weighted by Crippen LogP contribution is -2.50. The number of rotatable bonds is 6. The van der Waals surface area contributed by atoms with Crippen LogP contribution in [0, 0.1) is 0 Å². The molecule has 3 rings (SSSR count). The lowest BCUT2D eigenvalue weighted by atomic mass is 10.0. The van der Waals surface area contributed by atoms with Crippen molar-refractivity contribution in [3.05, 3.63) is 48.0 Å². The van der Waals surface area contributed by atoms with Gasteiger partial charge in [-0.05, 0) is 17.7 Å². The van der Waals surface area contributed by atoms with Gasteiger partial charge in [-0.25, -0.2) is 4.98 Å². The second-order valence-electron chi connectivity index (χ2n) is 6.93. The lowest BCUT2D eigenvalue weighted by molar-refractivity contribution is -0.135. The molecule has 1 fully saturated rings. The summed E-state index contributed by atoms with van der Waals surface area (Å²) in [5.41, 5.74) is 0.869. The molecule has 1 saturated heterocycles. The number of hydrogen-bond acceptors (Lipinski definition) is 5. The molecule has 2 heterocycles. The van der Waals surface area contributed by atoms with Crippen LogP contribution >= 0.6 is 0 Å². The van der Waals surface area contributed by atoms with Gasteiger partial charge >= 0.3 is 0 Å². The summed E-state index contributed by atoms with van der Waals surface area (Å²) in [7, 11) is 3.53. The minimum Gasteiger partial charge on any atom is -0.497 e. The summed E-state index contributed by atoms with van der Waals surface area (Å²) in [5, 5.41) is 6.24. The summed E-state index contributed by atoms with van der Waals surface area (Å²) in [6.07, 6.45) is 3.81. The number of carbonyl (C=O) groups is 2. The SMILES string of the molecule is COc1ccc(C(CC(=O)N2CCNCC2c2nccn2C)NC(C)=O)cc1. The third-order valence-electron chi connectivity index (χ3n) is 4.99. The first-order chi connectivity index (χ1) is 13.5. The summed E-state index contributed by atoms with van der Waals surface area (Å²) in [6, 6.07) is 6.89. The molecule has 0 aliphatic carbocycles. The Kier molecular flexibility index (Phi) is 6.30. The van der Waals surface area contributed by atoms with E-state index in [1.807, 2.05) is 47.0 Å². The molecule has 150 valence electrons. The maximum absolute atomic E-state index is 13.2. The standard InChI is InChI=1S/C20H27N5O3/c1-14(26)23-17(15-4-6-16(28-3)7-5-15)12-19(27)25-11-8-21-13-18(25)20-22-9-10-24(20)2/h4-7,9-10,17-18,21H,8,11-13H2,1-3H3,(H,23,26). The molecule has 1 aliphatic rings. The highest BCUT2D eigenvalue weighted by molar-refractivity contribution is 5.79. The van der Waals surface area contributed by atoms with Gasteiger partial charge in [0.25, 0.3) is 0 Å². The number of aromatic nitrogens is 2. The van der Waals surface area contributed by atoms with E-state index in [4.69, 9.17) is 4.74 Å². The predicted molar refractivity (Wildman–Crippen MR) is 105 cm³/mol. The lowest BCUT2D eigenvalue weighted by Gasteiger charge is -2.36. The number of carbonyl (C=O) groups excluding carboxylic acids is 2. The van der Waals surface area contributed by atoms with Crippen molar-refractivity contribution in [3.63, 3.8) is 0 Å². The molecule has 1 aromatic carbocycles. The van der Waals surface area contributed by atoms with E-state index < -0.39 is 6.04 Å². The number of amides is 2. The summed E-state index contributed by atoms with van der Waals surface area (Å²) in [5.74, 6) is 1.40. The van der Waals surface area contributed by atoms with E-state index in [0.717, 1.165) is 23.7 Å². The Morgan fingerprint density at radius 1 is 1.36 bits per heavy atom. The minimum absolute atomic E-state index is 0.0101. The molecule has 0 saturated carbocycles. The number of nitrogens with zero attached hydrogens (tertiary/aromatic N) is 3. The molecular formula is C20H27N5O3. The van der Waals surface area contributed by atoms with Crippen molar-refractivity contribution in [2.24, 2.45) is 7.05 Å². The molecule has 2 unspecified atom stereocenters. The van der Waals surface area contributed by atoms with Crippen molar-refractivity contribution in [1.29, 1.82) is 0 Å². The molecule has 8 nitrogen and oxygen atoms in total. The molecule has 0 radical (unpaired) electrons. The van der Waals surface area contributed by atoms with Gasteiger partial charge in [0.05, 0.1) is 19.6 Å². The van der Waals surface area contributed by atoms with Crippen LogP contribution in [0.5, 0.6) is 5.75 Å². The van der Waals surface area contributed by atoms with Crippen molar-refractivity contribution < 1.29 is 14.3 Å². The van der Waals surface area contributed by atoms with Gasteiger partial charge in [-0.3, -0.25) is 9.59 Å². The van der Waals surface area contributed by atoms with Crippen molar-refractivity contribution in [1.82, 2.24) is 25.1 Å². The molecule has 8 heteroatoms. The summed E-state index contributed by atoms with van der Waals surface area (Å²) in [6.45, 7) is 3.46. The van der Waals surface area contributed by atoms with Crippen molar-refractivity contribution in [2.75, 3.05) is 26.7 Å². The Morgan fingerprint density at radius 2 is 2.11 bits per heavy atom. The average Bonchev–Trinajstić information content (AvgIpc) is 3.13.